The molecule has 13 heavy (non-hydrogen) atoms. The van der Waals surface area contributed by atoms with Gasteiger partial charge in [-0.3, -0.25) is 5.10 Å². The van der Waals surface area contributed by atoms with E-state index in [1.54, 1.807) is 0 Å². The van der Waals surface area contributed by atoms with Gasteiger partial charge in [-0.1, -0.05) is 0 Å². The molecule has 4 heteroatoms. The highest BCUT2D eigenvalue weighted by Crippen LogP contribution is 2.20. The van der Waals surface area contributed by atoms with Gasteiger partial charge in [0.15, 0.2) is 0 Å². The lowest BCUT2D eigenvalue weighted by molar-refractivity contribution is 0.208. The quantitative estimate of drug-likeness (QED) is 0.703. The van der Waals surface area contributed by atoms with E-state index in [0.29, 0.717) is 12.5 Å². The zero-order valence-corrected chi connectivity index (χ0v) is 7.61. The summed E-state index contributed by atoms with van der Waals surface area (Å²) in [6, 6.07) is 1.97. The third kappa shape index (κ3) is 1.83. The van der Waals surface area contributed by atoms with Crippen LogP contribution < -0.4 is 4.90 Å². The molecule has 4 nitrogen and oxygen atoms in total. The van der Waals surface area contributed by atoms with Gasteiger partial charge in [0, 0.05) is 32.0 Å². The Morgan fingerprint density at radius 1 is 1.69 bits per heavy atom. The van der Waals surface area contributed by atoms with Crippen LogP contribution in [0.15, 0.2) is 12.3 Å². The molecule has 2 heterocycles. The fourth-order valence-electron chi connectivity index (χ4n) is 1.85. The average molecular weight is 181 g/mol. The first-order valence-corrected chi connectivity index (χ1v) is 4.75. The summed E-state index contributed by atoms with van der Waals surface area (Å²) in [4.78, 5) is 2.22. The molecule has 0 aliphatic carbocycles. The lowest BCUT2D eigenvalue weighted by Gasteiger charge is -2.31. The van der Waals surface area contributed by atoms with E-state index >= 15 is 0 Å². The predicted molar refractivity (Wildman–Crippen MR) is 50.6 cm³/mol. The molecule has 0 aromatic carbocycles. The Morgan fingerprint density at radius 2 is 2.62 bits per heavy atom. The van der Waals surface area contributed by atoms with Gasteiger partial charge in [-0.05, 0) is 18.8 Å². The molecule has 1 aromatic rings. The van der Waals surface area contributed by atoms with Gasteiger partial charge in [-0.25, -0.2) is 0 Å². The molecular formula is C9H15N3O. The van der Waals surface area contributed by atoms with Gasteiger partial charge < -0.3 is 10.0 Å². The Morgan fingerprint density at radius 3 is 3.31 bits per heavy atom. The zero-order chi connectivity index (χ0) is 9.10. The molecule has 0 radical (unpaired) electrons. The van der Waals surface area contributed by atoms with Crippen molar-refractivity contribution in [3.8, 4) is 0 Å². The van der Waals surface area contributed by atoms with Gasteiger partial charge in [0.05, 0.1) is 0 Å². The van der Waals surface area contributed by atoms with Crippen LogP contribution in [0.5, 0.6) is 0 Å². The molecule has 0 bridgehead atoms. The van der Waals surface area contributed by atoms with E-state index in [2.05, 4.69) is 15.1 Å². The molecule has 1 aliphatic rings. The third-order valence-corrected chi connectivity index (χ3v) is 2.59. The maximum atomic E-state index is 9.05. The number of aromatic nitrogens is 2. The van der Waals surface area contributed by atoms with E-state index in [-0.39, 0.29) is 0 Å². The van der Waals surface area contributed by atoms with Crippen molar-refractivity contribution < 1.29 is 5.11 Å². The average Bonchev–Trinajstić information content (AvgIpc) is 2.71. The molecule has 1 aromatic heterocycles. The third-order valence-electron chi connectivity index (χ3n) is 2.59. The molecule has 2 N–H and O–H groups in total. The summed E-state index contributed by atoms with van der Waals surface area (Å²) in [5.74, 6) is 1.42. The molecule has 0 amide bonds. The molecule has 1 saturated heterocycles. The number of hydrogen-bond donors (Lipinski definition) is 2. The zero-order valence-electron chi connectivity index (χ0n) is 7.61. The summed E-state index contributed by atoms with van der Waals surface area (Å²) in [6.45, 7) is 2.28. The maximum Gasteiger partial charge on any atom is 0.150 e. The van der Waals surface area contributed by atoms with Crippen molar-refractivity contribution in [1.29, 1.82) is 0 Å². The molecule has 0 spiro atoms. The second kappa shape index (κ2) is 3.79. The van der Waals surface area contributed by atoms with Crippen LogP contribution in [-0.2, 0) is 0 Å². The van der Waals surface area contributed by atoms with Crippen molar-refractivity contribution in [2.75, 3.05) is 24.6 Å². The second-order valence-electron chi connectivity index (χ2n) is 3.57. The first kappa shape index (κ1) is 8.56. The molecule has 1 fully saturated rings. The van der Waals surface area contributed by atoms with E-state index in [1.807, 2.05) is 12.3 Å². The van der Waals surface area contributed by atoms with Crippen molar-refractivity contribution in [2.24, 2.45) is 5.92 Å². The molecule has 1 atom stereocenters. The van der Waals surface area contributed by atoms with Gasteiger partial charge in [-0.15, -0.1) is 0 Å². The van der Waals surface area contributed by atoms with Gasteiger partial charge in [-0.2, -0.15) is 5.10 Å². The Hall–Kier alpha value is -1.03. The SMILES string of the molecule is OCC1CCCN(c2cc[nH]n2)C1. The van der Waals surface area contributed by atoms with Crippen molar-refractivity contribution in [3.05, 3.63) is 12.3 Å². The highest BCUT2D eigenvalue weighted by molar-refractivity contribution is 5.36. The van der Waals surface area contributed by atoms with Crippen LogP contribution in [0.1, 0.15) is 12.8 Å². The molecule has 1 unspecified atom stereocenters. The number of aromatic amines is 1. The van der Waals surface area contributed by atoms with Crippen LogP contribution in [0.3, 0.4) is 0 Å². The number of piperidine rings is 1. The largest absolute Gasteiger partial charge is 0.396 e. The monoisotopic (exact) mass is 181 g/mol. The minimum Gasteiger partial charge on any atom is -0.396 e. The van der Waals surface area contributed by atoms with Crippen molar-refractivity contribution in [1.82, 2.24) is 10.2 Å². The maximum absolute atomic E-state index is 9.05. The Labute approximate surface area is 77.6 Å². The molecule has 2 rings (SSSR count). The van der Waals surface area contributed by atoms with Crippen molar-refractivity contribution in [3.63, 3.8) is 0 Å². The van der Waals surface area contributed by atoms with E-state index < -0.39 is 0 Å². The van der Waals surface area contributed by atoms with Crippen LogP contribution in [0.4, 0.5) is 5.82 Å². The van der Waals surface area contributed by atoms with E-state index in [1.165, 1.54) is 0 Å². The fraction of sp³-hybridized carbons (Fsp3) is 0.667. The Balaban J connectivity index is 2.00. The molecule has 1 aliphatic heterocycles. The summed E-state index contributed by atoms with van der Waals surface area (Å²) in [6.07, 6.45) is 4.12. The normalized spacial score (nSPS) is 23.5. The van der Waals surface area contributed by atoms with Gasteiger partial charge in [0.1, 0.15) is 5.82 Å². The minimum atomic E-state index is 0.293. The van der Waals surface area contributed by atoms with Crippen LogP contribution in [0, 0.1) is 5.92 Å². The highest BCUT2D eigenvalue weighted by Gasteiger charge is 2.20. The van der Waals surface area contributed by atoms with E-state index in [0.717, 1.165) is 31.7 Å². The summed E-state index contributed by atoms with van der Waals surface area (Å²) in [5.41, 5.74) is 0. The van der Waals surface area contributed by atoms with Crippen molar-refractivity contribution >= 4 is 5.82 Å². The summed E-state index contributed by atoms with van der Waals surface area (Å²) in [5, 5.41) is 16.0. The number of rotatable bonds is 2. The van der Waals surface area contributed by atoms with Crippen LogP contribution in [0.25, 0.3) is 0 Å². The summed E-state index contributed by atoms with van der Waals surface area (Å²) >= 11 is 0. The van der Waals surface area contributed by atoms with Gasteiger partial charge in [0.25, 0.3) is 0 Å². The Bertz CT molecular complexity index is 247. The first-order chi connectivity index (χ1) is 6.40. The fourth-order valence-corrected chi connectivity index (χ4v) is 1.85. The van der Waals surface area contributed by atoms with Crippen LogP contribution in [-0.4, -0.2) is 35.0 Å². The van der Waals surface area contributed by atoms with Crippen LogP contribution in [0.2, 0.25) is 0 Å². The number of nitrogens with zero attached hydrogens (tertiary/aromatic N) is 2. The van der Waals surface area contributed by atoms with Crippen molar-refractivity contribution in [2.45, 2.75) is 12.8 Å². The van der Waals surface area contributed by atoms with E-state index in [9.17, 15) is 0 Å². The number of aliphatic hydroxyl groups is 1. The lowest BCUT2D eigenvalue weighted by atomic mass is 9.99. The number of anilines is 1. The van der Waals surface area contributed by atoms with E-state index in [4.69, 9.17) is 5.11 Å². The number of H-pyrrole nitrogens is 1. The van der Waals surface area contributed by atoms with Gasteiger partial charge >= 0.3 is 0 Å². The first-order valence-electron chi connectivity index (χ1n) is 4.75. The summed E-state index contributed by atoms with van der Waals surface area (Å²) < 4.78 is 0. The smallest absolute Gasteiger partial charge is 0.150 e. The standard InChI is InChI=1S/C9H15N3O/c13-7-8-2-1-5-12(6-8)9-3-4-10-11-9/h3-4,8,13H,1-2,5-7H2,(H,10,11). The topological polar surface area (TPSA) is 52.1 Å². The molecule has 72 valence electrons. The minimum absolute atomic E-state index is 0.293. The second-order valence-corrected chi connectivity index (χ2v) is 3.57. The molecular weight excluding hydrogens is 166 g/mol. The number of aliphatic hydroxyl groups excluding tert-OH is 1. The number of nitrogens with one attached hydrogen (secondary N) is 1. The number of hydrogen-bond acceptors (Lipinski definition) is 3. The summed E-state index contributed by atoms with van der Waals surface area (Å²) in [7, 11) is 0. The highest BCUT2D eigenvalue weighted by atomic mass is 16.3. The predicted octanol–water partition coefficient (Wildman–Crippen LogP) is 0.618. The van der Waals surface area contributed by atoms with Gasteiger partial charge in [0.2, 0.25) is 0 Å². The Kier molecular flexibility index (Phi) is 2.49. The lowest BCUT2D eigenvalue weighted by Crippen LogP contribution is -2.36. The molecule has 0 saturated carbocycles. The van der Waals surface area contributed by atoms with Crippen LogP contribution >= 0.6 is 0 Å².